The molecule has 4 heteroatoms. The number of rotatable bonds is 3. The second kappa shape index (κ2) is 4.28. The first-order valence-corrected chi connectivity index (χ1v) is 5.70. The standard InChI is InChI=1S/C12H18N2O2/c1-4-11-9(7-16-12(11)15)5-10-6-13-8(2)14(10)3/h6,9,11H,4-5,7H2,1-3H3/t9-,11-/m0/s1/i6D. The van der Waals surface area contributed by atoms with Crippen molar-refractivity contribution in [2.75, 3.05) is 6.61 Å². The Morgan fingerprint density at radius 3 is 3.06 bits per heavy atom. The second-order valence-corrected chi connectivity index (χ2v) is 4.39. The molecule has 1 saturated heterocycles. The monoisotopic (exact) mass is 223 g/mol. The number of cyclic esters (lactones) is 1. The molecule has 0 bridgehead atoms. The van der Waals surface area contributed by atoms with E-state index in [0.717, 1.165) is 17.9 Å². The van der Waals surface area contributed by atoms with Crippen molar-refractivity contribution >= 4 is 5.97 Å². The van der Waals surface area contributed by atoms with Crippen molar-refractivity contribution in [3.05, 3.63) is 17.7 Å². The van der Waals surface area contributed by atoms with Gasteiger partial charge in [-0.3, -0.25) is 4.79 Å². The number of aryl methyl sites for hydroxylation is 1. The molecule has 0 amide bonds. The molecule has 2 rings (SSSR count). The summed E-state index contributed by atoms with van der Waals surface area (Å²) in [6.45, 7) is 4.36. The number of imidazole rings is 1. The van der Waals surface area contributed by atoms with Gasteiger partial charge in [-0.25, -0.2) is 4.98 Å². The number of hydrogen-bond acceptors (Lipinski definition) is 3. The zero-order chi connectivity index (χ0) is 12.6. The molecule has 16 heavy (non-hydrogen) atoms. The highest BCUT2D eigenvalue weighted by Gasteiger charge is 2.35. The van der Waals surface area contributed by atoms with Gasteiger partial charge in [0.15, 0.2) is 0 Å². The van der Waals surface area contributed by atoms with E-state index in [4.69, 9.17) is 6.11 Å². The summed E-state index contributed by atoms with van der Waals surface area (Å²) in [5.41, 5.74) is 0.893. The van der Waals surface area contributed by atoms with Crippen LogP contribution in [0.4, 0.5) is 0 Å². The molecule has 0 spiro atoms. The summed E-state index contributed by atoms with van der Waals surface area (Å²) in [5, 5.41) is 0. The molecule has 0 aliphatic carbocycles. The molecule has 0 N–H and O–H groups in total. The Morgan fingerprint density at radius 2 is 2.50 bits per heavy atom. The van der Waals surface area contributed by atoms with Crippen molar-refractivity contribution in [3.63, 3.8) is 0 Å². The van der Waals surface area contributed by atoms with Crippen molar-refractivity contribution in [2.45, 2.75) is 26.7 Å². The van der Waals surface area contributed by atoms with Crippen LogP contribution in [0.1, 0.15) is 26.2 Å². The van der Waals surface area contributed by atoms with E-state index < -0.39 is 0 Å². The number of aromatic nitrogens is 2. The summed E-state index contributed by atoms with van der Waals surface area (Å²) in [5.74, 6) is 0.905. The van der Waals surface area contributed by atoms with Gasteiger partial charge in [-0.2, -0.15) is 0 Å². The molecule has 0 unspecified atom stereocenters. The molecule has 1 aliphatic rings. The fraction of sp³-hybridized carbons (Fsp3) is 0.667. The highest BCUT2D eigenvalue weighted by atomic mass is 16.5. The molecule has 1 aromatic rings. The third-order valence-electron chi connectivity index (χ3n) is 3.44. The zero-order valence-electron chi connectivity index (χ0n) is 11.0. The molecule has 0 aromatic carbocycles. The average molecular weight is 223 g/mol. The van der Waals surface area contributed by atoms with E-state index in [1.54, 1.807) is 0 Å². The molecule has 2 atom stereocenters. The summed E-state index contributed by atoms with van der Waals surface area (Å²) in [6.07, 6.45) is 1.81. The predicted molar refractivity (Wildman–Crippen MR) is 59.9 cm³/mol. The van der Waals surface area contributed by atoms with E-state index in [1.807, 2.05) is 25.5 Å². The lowest BCUT2D eigenvalue weighted by molar-refractivity contribution is -0.141. The Balaban J connectivity index is 2.18. The van der Waals surface area contributed by atoms with Crippen LogP contribution in [0.2, 0.25) is 0 Å². The van der Waals surface area contributed by atoms with E-state index in [1.165, 1.54) is 0 Å². The Kier molecular flexibility index (Phi) is 2.64. The van der Waals surface area contributed by atoms with Crippen LogP contribution in [0, 0.1) is 18.8 Å². The minimum atomic E-state index is -0.0945. The lowest BCUT2D eigenvalue weighted by Crippen LogP contribution is -2.18. The molecular weight excluding hydrogens is 204 g/mol. The number of hydrogen-bond donors (Lipinski definition) is 0. The van der Waals surface area contributed by atoms with Gasteiger partial charge >= 0.3 is 5.97 Å². The predicted octanol–water partition coefficient (Wildman–Crippen LogP) is 1.47. The first-order valence-electron chi connectivity index (χ1n) is 6.20. The Hall–Kier alpha value is -1.32. The minimum Gasteiger partial charge on any atom is -0.465 e. The van der Waals surface area contributed by atoms with Gasteiger partial charge in [0, 0.05) is 24.8 Å². The van der Waals surface area contributed by atoms with E-state index in [-0.39, 0.29) is 17.8 Å². The van der Waals surface area contributed by atoms with E-state index in [0.29, 0.717) is 19.2 Å². The average Bonchev–Trinajstić information content (AvgIpc) is 2.75. The number of nitrogens with zero attached hydrogens (tertiary/aromatic N) is 2. The van der Waals surface area contributed by atoms with Crippen molar-refractivity contribution in [1.82, 2.24) is 9.55 Å². The molecule has 0 saturated carbocycles. The molecule has 2 heterocycles. The van der Waals surface area contributed by atoms with Crippen LogP contribution in [0.5, 0.6) is 0 Å². The highest BCUT2D eigenvalue weighted by Crippen LogP contribution is 2.28. The summed E-state index contributed by atoms with van der Waals surface area (Å²) < 4.78 is 14.8. The minimum absolute atomic E-state index is 0.0235. The third-order valence-corrected chi connectivity index (χ3v) is 3.44. The number of ether oxygens (including phenoxy) is 1. The molecule has 4 nitrogen and oxygen atoms in total. The number of carbonyl (C=O) groups is 1. The van der Waals surface area contributed by atoms with Crippen LogP contribution >= 0.6 is 0 Å². The Bertz CT molecular complexity index is 442. The Labute approximate surface area is 97.0 Å². The largest absolute Gasteiger partial charge is 0.465 e. The fourth-order valence-electron chi connectivity index (χ4n) is 2.23. The third kappa shape index (κ3) is 1.84. The fourth-order valence-corrected chi connectivity index (χ4v) is 2.23. The molecule has 1 aromatic heterocycles. The lowest BCUT2D eigenvalue weighted by atomic mass is 9.89. The lowest BCUT2D eigenvalue weighted by Gasteiger charge is -2.13. The van der Waals surface area contributed by atoms with Gasteiger partial charge in [0.05, 0.1) is 13.9 Å². The molecule has 1 fully saturated rings. The quantitative estimate of drug-likeness (QED) is 0.729. The van der Waals surface area contributed by atoms with Gasteiger partial charge < -0.3 is 9.30 Å². The normalized spacial score (nSPS) is 25.7. The van der Waals surface area contributed by atoms with E-state index in [9.17, 15) is 4.79 Å². The Morgan fingerprint density at radius 1 is 1.75 bits per heavy atom. The first kappa shape index (κ1) is 9.87. The van der Waals surface area contributed by atoms with Crippen molar-refractivity contribution in [3.8, 4) is 0 Å². The molecule has 1 aliphatic heterocycles. The summed E-state index contributed by atoms with van der Waals surface area (Å²) in [7, 11) is 1.91. The van der Waals surface area contributed by atoms with Crippen LogP contribution in [0.15, 0.2) is 6.17 Å². The van der Waals surface area contributed by atoms with Crippen LogP contribution in [-0.2, 0) is 23.0 Å². The number of carbonyl (C=O) groups excluding carboxylic acids is 1. The number of esters is 1. The van der Waals surface area contributed by atoms with Crippen LogP contribution in [0.3, 0.4) is 0 Å². The smallest absolute Gasteiger partial charge is 0.309 e. The van der Waals surface area contributed by atoms with Crippen molar-refractivity contribution < 1.29 is 10.9 Å². The maximum Gasteiger partial charge on any atom is 0.309 e. The second-order valence-electron chi connectivity index (χ2n) is 4.39. The van der Waals surface area contributed by atoms with E-state index >= 15 is 0 Å². The van der Waals surface area contributed by atoms with Gasteiger partial charge in [-0.1, -0.05) is 6.92 Å². The van der Waals surface area contributed by atoms with E-state index in [2.05, 4.69) is 4.98 Å². The van der Waals surface area contributed by atoms with Gasteiger partial charge in [-0.05, 0) is 19.8 Å². The molecule has 88 valence electrons. The molecular formula is C12H18N2O2. The maximum atomic E-state index is 11.5. The van der Waals surface area contributed by atoms with Crippen molar-refractivity contribution in [2.24, 2.45) is 18.9 Å². The van der Waals surface area contributed by atoms with Crippen LogP contribution in [-0.4, -0.2) is 22.1 Å². The topological polar surface area (TPSA) is 44.1 Å². The van der Waals surface area contributed by atoms with Gasteiger partial charge in [0.25, 0.3) is 0 Å². The van der Waals surface area contributed by atoms with Gasteiger partial charge in [-0.15, -0.1) is 0 Å². The highest BCUT2D eigenvalue weighted by molar-refractivity contribution is 5.74. The van der Waals surface area contributed by atoms with Gasteiger partial charge in [0.1, 0.15) is 5.82 Å². The van der Waals surface area contributed by atoms with Crippen LogP contribution < -0.4 is 0 Å². The maximum absolute atomic E-state index is 11.5. The van der Waals surface area contributed by atoms with Gasteiger partial charge in [0.2, 0.25) is 0 Å². The zero-order valence-corrected chi connectivity index (χ0v) is 9.99. The first-order chi connectivity index (χ1) is 8.04. The summed E-state index contributed by atoms with van der Waals surface area (Å²) in [6, 6.07) is 0. The molecule has 0 radical (unpaired) electrons. The summed E-state index contributed by atoms with van der Waals surface area (Å²) in [4.78, 5) is 15.6. The van der Waals surface area contributed by atoms with Crippen LogP contribution in [0.25, 0.3) is 0 Å². The summed E-state index contributed by atoms with van der Waals surface area (Å²) >= 11 is 0. The van der Waals surface area contributed by atoms with Crippen molar-refractivity contribution in [1.29, 1.82) is 0 Å². The SMILES string of the molecule is [2H]c1nc(C)n(C)c1C[C@H]1COC(=O)[C@H]1CC.